The van der Waals surface area contributed by atoms with E-state index in [-0.39, 0.29) is 13.2 Å². The molecule has 1 aromatic heterocycles. The first-order chi connectivity index (χ1) is 10.3. The molecular weight excluding hydrogens is 264 g/mol. The molecular formula is C17H16N2O2. The monoisotopic (exact) mass is 280 g/mol. The van der Waals surface area contributed by atoms with Crippen molar-refractivity contribution in [2.24, 2.45) is 0 Å². The van der Waals surface area contributed by atoms with Gasteiger partial charge < -0.3 is 10.1 Å². The second-order valence-electron chi connectivity index (χ2n) is 4.41. The Bertz CT molecular complexity index is 657. The van der Waals surface area contributed by atoms with Crippen molar-refractivity contribution >= 4 is 6.09 Å². The molecule has 2 rings (SSSR count). The SMILES string of the molecule is Cc1cnccc1C#CCNC(=O)OCc1ccccc1. The maximum Gasteiger partial charge on any atom is 0.408 e. The molecule has 0 bridgehead atoms. The maximum atomic E-state index is 11.5. The van der Waals surface area contributed by atoms with Gasteiger partial charge in [-0.2, -0.15) is 0 Å². The standard InChI is InChI=1S/C17H16N2O2/c1-14-12-18-11-9-16(14)8-5-10-19-17(20)21-13-15-6-3-2-4-7-15/h2-4,6-7,9,11-12H,10,13H2,1H3,(H,19,20). The third-order valence-electron chi connectivity index (χ3n) is 2.78. The molecule has 1 amide bonds. The summed E-state index contributed by atoms with van der Waals surface area (Å²) in [4.78, 5) is 15.5. The fourth-order valence-electron chi connectivity index (χ4n) is 1.64. The zero-order chi connectivity index (χ0) is 14.9. The summed E-state index contributed by atoms with van der Waals surface area (Å²) < 4.78 is 5.08. The Kier molecular flexibility index (Phi) is 5.36. The van der Waals surface area contributed by atoms with Crippen LogP contribution in [0.1, 0.15) is 16.7 Å². The van der Waals surface area contributed by atoms with E-state index in [1.165, 1.54) is 0 Å². The lowest BCUT2D eigenvalue weighted by Crippen LogP contribution is -2.24. The number of hydrogen-bond acceptors (Lipinski definition) is 3. The molecule has 1 heterocycles. The molecule has 0 unspecified atom stereocenters. The number of benzene rings is 1. The second kappa shape index (κ2) is 7.71. The predicted molar refractivity (Wildman–Crippen MR) is 80.5 cm³/mol. The molecule has 0 aliphatic rings. The summed E-state index contributed by atoms with van der Waals surface area (Å²) in [5.74, 6) is 5.86. The van der Waals surface area contributed by atoms with E-state index in [1.54, 1.807) is 12.4 Å². The highest BCUT2D eigenvalue weighted by atomic mass is 16.5. The van der Waals surface area contributed by atoms with Crippen LogP contribution >= 0.6 is 0 Å². The molecule has 4 nitrogen and oxygen atoms in total. The summed E-state index contributed by atoms with van der Waals surface area (Å²) in [6, 6.07) is 11.4. The lowest BCUT2D eigenvalue weighted by atomic mass is 10.2. The fourth-order valence-corrected chi connectivity index (χ4v) is 1.64. The number of nitrogens with zero attached hydrogens (tertiary/aromatic N) is 1. The largest absolute Gasteiger partial charge is 0.445 e. The number of carbonyl (C=O) groups is 1. The first kappa shape index (κ1) is 14.6. The highest BCUT2D eigenvalue weighted by molar-refractivity contribution is 5.67. The first-order valence-corrected chi connectivity index (χ1v) is 6.60. The Morgan fingerprint density at radius 3 is 2.86 bits per heavy atom. The summed E-state index contributed by atoms with van der Waals surface area (Å²) in [7, 11) is 0. The van der Waals surface area contributed by atoms with Crippen molar-refractivity contribution in [2.45, 2.75) is 13.5 Å². The molecule has 0 aliphatic heterocycles. The number of aryl methyl sites for hydroxylation is 1. The van der Waals surface area contributed by atoms with Gasteiger partial charge in [0.15, 0.2) is 0 Å². The van der Waals surface area contributed by atoms with E-state index in [0.717, 1.165) is 16.7 Å². The number of alkyl carbamates (subject to hydrolysis) is 1. The van der Waals surface area contributed by atoms with Crippen LogP contribution in [0.15, 0.2) is 48.8 Å². The fraction of sp³-hybridized carbons (Fsp3) is 0.176. The third-order valence-corrected chi connectivity index (χ3v) is 2.78. The van der Waals surface area contributed by atoms with Crippen LogP contribution in [0.2, 0.25) is 0 Å². The van der Waals surface area contributed by atoms with Gasteiger partial charge in [-0.05, 0) is 24.1 Å². The van der Waals surface area contributed by atoms with Crippen LogP contribution in [0.5, 0.6) is 0 Å². The topological polar surface area (TPSA) is 51.2 Å². The van der Waals surface area contributed by atoms with Gasteiger partial charge in [0.05, 0.1) is 6.54 Å². The number of ether oxygens (including phenoxy) is 1. The maximum absolute atomic E-state index is 11.5. The van der Waals surface area contributed by atoms with Crippen LogP contribution in [0.25, 0.3) is 0 Å². The van der Waals surface area contributed by atoms with Crippen LogP contribution < -0.4 is 5.32 Å². The minimum Gasteiger partial charge on any atom is -0.445 e. The van der Waals surface area contributed by atoms with Gasteiger partial charge in [0, 0.05) is 18.0 Å². The lowest BCUT2D eigenvalue weighted by Gasteiger charge is -2.04. The van der Waals surface area contributed by atoms with Crippen LogP contribution in [0, 0.1) is 18.8 Å². The third kappa shape index (κ3) is 5.00. The molecule has 106 valence electrons. The second-order valence-corrected chi connectivity index (χ2v) is 4.41. The van der Waals surface area contributed by atoms with E-state index in [4.69, 9.17) is 4.74 Å². The zero-order valence-electron chi connectivity index (χ0n) is 11.8. The smallest absolute Gasteiger partial charge is 0.408 e. The summed E-state index contributed by atoms with van der Waals surface area (Å²) in [6.07, 6.45) is 2.98. The van der Waals surface area contributed by atoms with Crippen LogP contribution in [-0.2, 0) is 11.3 Å². The first-order valence-electron chi connectivity index (χ1n) is 6.60. The van der Waals surface area contributed by atoms with Gasteiger partial charge in [-0.1, -0.05) is 42.2 Å². The van der Waals surface area contributed by atoms with Gasteiger partial charge >= 0.3 is 6.09 Å². The Morgan fingerprint density at radius 1 is 1.29 bits per heavy atom. The molecule has 0 aliphatic carbocycles. The van der Waals surface area contributed by atoms with Gasteiger partial charge in [0.25, 0.3) is 0 Å². The number of amides is 1. The molecule has 0 atom stereocenters. The average Bonchev–Trinajstić information content (AvgIpc) is 2.52. The molecule has 0 fully saturated rings. The van der Waals surface area contributed by atoms with Gasteiger partial charge in [0.1, 0.15) is 6.61 Å². The van der Waals surface area contributed by atoms with E-state index < -0.39 is 6.09 Å². The summed E-state index contributed by atoms with van der Waals surface area (Å²) in [5.41, 5.74) is 2.87. The molecule has 21 heavy (non-hydrogen) atoms. The summed E-state index contributed by atoms with van der Waals surface area (Å²) >= 11 is 0. The number of rotatable bonds is 3. The lowest BCUT2D eigenvalue weighted by molar-refractivity contribution is 0.141. The Labute approximate surface area is 124 Å². The minimum absolute atomic E-state index is 0.245. The summed E-state index contributed by atoms with van der Waals surface area (Å²) in [6.45, 7) is 2.44. The quantitative estimate of drug-likeness (QED) is 0.879. The Morgan fingerprint density at radius 2 is 2.10 bits per heavy atom. The normalized spacial score (nSPS) is 9.38. The average molecular weight is 280 g/mol. The molecule has 0 spiro atoms. The van der Waals surface area contributed by atoms with E-state index in [1.807, 2.05) is 43.3 Å². The zero-order valence-corrected chi connectivity index (χ0v) is 11.8. The van der Waals surface area contributed by atoms with E-state index in [9.17, 15) is 4.79 Å². The molecule has 4 heteroatoms. The van der Waals surface area contributed by atoms with Crippen molar-refractivity contribution < 1.29 is 9.53 Å². The molecule has 1 aromatic carbocycles. The van der Waals surface area contributed by atoms with E-state index >= 15 is 0 Å². The van der Waals surface area contributed by atoms with Gasteiger partial charge in [-0.25, -0.2) is 4.79 Å². The van der Waals surface area contributed by atoms with Crippen LogP contribution in [0.4, 0.5) is 4.79 Å². The number of carbonyl (C=O) groups excluding carboxylic acids is 1. The van der Waals surface area contributed by atoms with Crippen LogP contribution in [-0.4, -0.2) is 17.6 Å². The van der Waals surface area contributed by atoms with Crippen molar-refractivity contribution in [1.82, 2.24) is 10.3 Å². The molecule has 0 saturated heterocycles. The van der Waals surface area contributed by atoms with Gasteiger partial charge in [0.2, 0.25) is 0 Å². The predicted octanol–water partition coefficient (Wildman–Crippen LogP) is 2.67. The van der Waals surface area contributed by atoms with Crippen molar-refractivity contribution in [3.8, 4) is 11.8 Å². The summed E-state index contributed by atoms with van der Waals surface area (Å²) in [5, 5.41) is 2.59. The van der Waals surface area contributed by atoms with Gasteiger partial charge in [-0.3, -0.25) is 4.98 Å². The minimum atomic E-state index is -0.473. The number of aromatic nitrogens is 1. The molecule has 0 saturated carbocycles. The number of hydrogen-bond donors (Lipinski definition) is 1. The van der Waals surface area contributed by atoms with Crippen molar-refractivity contribution in [1.29, 1.82) is 0 Å². The van der Waals surface area contributed by atoms with Crippen molar-refractivity contribution in [3.05, 3.63) is 65.5 Å². The Hall–Kier alpha value is -2.80. The number of pyridine rings is 1. The van der Waals surface area contributed by atoms with E-state index in [2.05, 4.69) is 22.1 Å². The van der Waals surface area contributed by atoms with Gasteiger partial charge in [-0.15, -0.1) is 0 Å². The highest BCUT2D eigenvalue weighted by Gasteiger charge is 2.00. The van der Waals surface area contributed by atoms with Crippen molar-refractivity contribution in [3.63, 3.8) is 0 Å². The molecule has 0 radical (unpaired) electrons. The number of nitrogens with one attached hydrogen (secondary N) is 1. The van der Waals surface area contributed by atoms with Crippen molar-refractivity contribution in [2.75, 3.05) is 6.54 Å². The van der Waals surface area contributed by atoms with Crippen LogP contribution in [0.3, 0.4) is 0 Å². The Balaban J connectivity index is 1.74. The molecule has 1 N–H and O–H groups in total. The highest BCUT2D eigenvalue weighted by Crippen LogP contribution is 2.02. The van der Waals surface area contributed by atoms with E-state index in [0.29, 0.717) is 0 Å². The molecule has 2 aromatic rings.